The first-order valence-corrected chi connectivity index (χ1v) is 13.0. The Morgan fingerprint density at radius 2 is 1.73 bits per heavy atom. The van der Waals surface area contributed by atoms with Crippen molar-refractivity contribution in [3.63, 3.8) is 0 Å². The summed E-state index contributed by atoms with van der Waals surface area (Å²) in [5.74, 6) is -4.12. The van der Waals surface area contributed by atoms with E-state index in [-0.39, 0.29) is 23.2 Å². The van der Waals surface area contributed by atoms with Gasteiger partial charge < -0.3 is 15.2 Å². The number of carbonyl (C=O) groups excluding carboxylic acids is 2. The average molecular weight is 517 g/mol. The molecule has 0 saturated heterocycles. The van der Waals surface area contributed by atoms with Crippen molar-refractivity contribution < 1.29 is 27.3 Å². The molecule has 6 saturated carbocycles. The lowest BCUT2D eigenvalue weighted by Gasteiger charge is -2.66. The SMILES string of the molecule is CC(F)(F)c1nc(C23CCC(CN(C(=O)CC45CC(F)(C4)C5)c4cccc(C(N)=O)c4)(CC2)CC3)no1. The van der Waals surface area contributed by atoms with Crippen LogP contribution in [-0.4, -0.2) is 34.2 Å². The molecule has 4 bridgehead atoms. The van der Waals surface area contributed by atoms with Gasteiger partial charge in [0.05, 0.1) is 0 Å². The molecule has 6 fully saturated rings. The molecule has 0 radical (unpaired) electrons. The van der Waals surface area contributed by atoms with Crippen molar-refractivity contribution >= 4 is 17.5 Å². The van der Waals surface area contributed by atoms with Crippen molar-refractivity contribution in [3.8, 4) is 0 Å². The van der Waals surface area contributed by atoms with Crippen LogP contribution in [0.15, 0.2) is 28.8 Å². The molecule has 8 rings (SSSR count). The summed E-state index contributed by atoms with van der Waals surface area (Å²) in [5.41, 5.74) is 4.58. The van der Waals surface area contributed by atoms with Gasteiger partial charge in [-0.3, -0.25) is 9.59 Å². The fourth-order valence-corrected chi connectivity index (χ4v) is 7.40. The number of rotatable bonds is 8. The van der Waals surface area contributed by atoms with Crippen LogP contribution in [0.3, 0.4) is 0 Å². The van der Waals surface area contributed by atoms with E-state index in [1.165, 1.54) is 0 Å². The molecule has 198 valence electrons. The lowest BCUT2D eigenvalue weighted by atomic mass is 9.41. The second-order valence-corrected chi connectivity index (χ2v) is 12.3. The lowest BCUT2D eigenvalue weighted by molar-refractivity contribution is -0.215. The third kappa shape index (κ3) is 4.03. The highest BCUT2D eigenvalue weighted by Crippen LogP contribution is 2.71. The first kappa shape index (κ1) is 24.4. The number of hydrogen-bond acceptors (Lipinski definition) is 5. The third-order valence-electron chi connectivity index (χ3n) is 9.52. The zero-order chi connectivity index (χ0) is 26.3. The summed E-state index contributed by atoms with van der Waals surface area (Å²) >= 11 is 0. The molecule has 2 aromatic rings. The fourth-order valence-electron chi connectivity index (χ4n) is 7.40. The Balaban J connectivity index is 1.22. The first-order valence-electron chi connectivity index (χ1n) is 13.0. The van der Waals surface area contributed by atoms with Gasteiger partial charge in [0, 0.05) is 36.6 Å². The molecule has 0 unspecified atom stereocenters. The molecule has 1 heterocycles. The summed E-state index contributed by atoms with van der Waals surface area (Å²) in [6.07, 6.45) is 6.15. The fraction of sp³-hybridized carbons (Fsp3) is 0.630. The number of amides is 2. The van der Waals surface area contributed by atoms with E-state index in [9.17, 15) is 22.8 Å². The predicted octanol–water partition coefficient (Wildman–Crippen LogP) is 5.19. The van der Waals surface area contributed by atoms with Crippen LogP contribution in [-0.2, 0) is 16.1 Å². The van der Waals surface area contributed by atoms with Crippen molar-refractivity contribution in [2.24, 2.45) is 16.6 Å². The number of carbonyl (C=O) groups is 2. The molecule has 2 amide bonds. The number of aromatic nitrogens is 2. The van der Waals surface area contributed by atoms with Crippen molar-refractivity contribution in [2.75, 3.05) is 11.4 Å². The van der Waals surface area contributed by atoms with Crippen molar-refractivity contribution in [3.05, 3.63) is 41.5 Å². The maximum atomic E-state index is 14.1. The molecule has 6 aliphatic carbocycles. The van der Waals surface area contributed by atoms with Gasteiger partial charge in [-0.2, -0.15) is 13.8 Å². The van der Waals surface area contributed by atoms with E-state index in [4.69, 9.17) is 10.3 Å². The van der Waals surface area contributed by atoms with E-state index < -0.39 is 28.8 Å². The van der Waals surface area contributed by atoms with Crippen LogP contribution in [0, 0.1) is 10.8 Å². The minimum Gasteiger partial charge on any atom is -0.366 e. The van der Waals surface area contributed by atoms with E-state index in [1.807, 2.05) is 0 Å². The zero-order valence-corrected chi connectivity index (χ0v) is 20.9. The van der Waals surface area contributed by atoms with Gasteiger partial charge in [0.2, 0.25) is 11.8 Å². The number of halogens is 3. The van der Waals surface area contributed by atoms with Crippen molar-refractivity contribution in [1.82, 2.24) is 10.1 Å². The van der Waals surface area contributed by atoms with Crippen LogP contribution in [0.25, 0.3) is 0 Å². The van der Waals surface area contributed by atoms with E-state index in [0.29, 0.717) is 42.9 Å². The Morgan fingerprint density at radius 1 is 1.08 bits per heavy atom. The van der Waals surface area contributed by atoms with Crippen LogP contribution >= 0.6 is 0 Å². The number of benzene rings is 1. The van der Waals surface area contributed by atoms with E-state index in [2.05, 4.69) is 10.1 Å². The van der Waals surface area contributed by atoms with Gasteiger partial charge in [-0.05, 0) is 86.8 Å². The van der Waals surface area contributed by atoms with Crippen molar-refractivity contribution in [1.29, 1.82) is 0 Å². The van der Waals surface area contributed by atoms with E-state index in [1.54, 1.807) is 29.2 Å². The predicted molar refractivity (Wildman–Crippen MR) is 128 cm³/mol. The molecule has 0 spiro atoms. The highest BCUT2D eigenvalue weighted by atomic mass is 19.3. The standard InChI is InChI=1S/C27H31F3N4O3/c1-23(28,29)22-32-21(33-37-22)26-8-5-24(6-9-26,7-10-26)16-34(18-4-2-3-17(11-18)20(31)36)19(35)12-25-13-27(30,14-25)15-25/h2-4,11H,5-10,12-16H2,1H3,(H2,31,36). The highest BCUT2D eigenvalue weighted by molar-refractivity contribution is 5.97. The molecule has 0 aliphatic heterocycles. The highest BCUT2D eigenvalue weighted by Gasteiger charge is 2.69. The molecule has 7 nitrogen and oxygen atoms in total. The Kier molecular flexibility index (Phi) is 5.15. The molecular weight excluding hydrogens is 485 g/mol. The van der Waals surface area contributed by atoms with Crippen LogP contribution in [0.4, 0.5) is 18.9 Å². The van der Waals surface area contributed by atoms with Gasteiger partial charge in [-0.15, -0.1) is 0 Å². The molecule has 10 heteroatoms. The zero-order valence-electron chi connectivity index (χ0n) is 20.9. The average Bonchev–Trinajstić information content (AvgIpc) is 3.34. The number of fused-ring (bicyclic) bond motifs is 3. The quantitative estimate of drug-likeness (QED) is 0.520. The normalized spacial score (nSPS) is 33.9. The summed E-state index contributed by atoms with van der Waals surface area (Å²) in [6, 6.07) is 6.79. The molecule has 37 heavy (non-hydrogen) atoms. The van der Waals surface area contributed by atoms with Gasteiger partial charge in [0.1, 0.15) is 5.67 Å². The number of primary amides is 1. The van der Waals surface area contributed by atoms with Gasteiger partial charge in [0.25, 0.3) is 5.89 Å². The molecule has 1 aromatic heterocycles. The minimum absolute atomic E-state index is 0.0619. The second kappa shape index (κ2) is 7.80. The van der Waals surface area contributed by atoms with Crippen LogP contribution in [0.2, 0.25) is 0 Å². The summed E-state index contributed by atoms with van der Waals surface area (Å²) in [6.45, 7) is 1.22. The summed E-state index contributed by atoms with van der Waals surface area (Å²) in [5, 5.41) is 3.92. The number of nitrogens with zero attached hydrogens (tertiary/aromatic N) is 3. The van der Waals surface area contributed by atoms with Gasteiger partial charge in [-0.25, -0.2) is 4.39 Å². The van der Waals surface area contributed by atoms with Gasteiger partial charge in [-0.1, -0.05) is 11.2 Å². The number of alkyl halides is 3. The number of anilines is 1. The Morgan fingerprint density at radius 3 is 2.27 bits per heavy atom. The largest absolute Gasteiger partial charge is 0.366 e. The van der Waals surface area contributed by atoms with Crippen molar-refractivity contribution in [2.45, 2.75) is 88.1 Å². The summed E-state index contributed by atoms with van der Waals surface area (Å²) in [4.78, 5) is 31.3. The Hall–Kier alpha value is -2.91. The maximum absolute atomic E-state index is 14.1. The summed E-state index contributed by atoms with van der Waals surface area (Å²) < 4.78 is 46.4. The maximum Gasteiger partial charge on any atom is 0.322 e. The summed E-state index contributed by atoms with van der Waals surface area (Å²) in [7, 11) is 0. The third-order valence-corrected chi connectivity index (χ3v) is 9.52. The second-order valence-electron chi connectivity index (χ2n) is 12.3. The van der Waals surface area contributed by atoms with E-state index in [0.717, 1.165) is 45.4 Å². The number of hydrogen-bond donors (Lipinski definition) is 1. The van der Waals surface area contributed by atoms with Gasteiger partial charge >= 0.3 is 5.92 Å². The Bertz CT molecular complexity index is 1230. The number of nitrogens with two attached hydrogens (primary N) is 1. The monoisotopic (exact) mass is 516 g/mol. The smallest absolute Gasteiger partial charge is 0.322 e. The van der Waals surface area contributed by atoms with E-state index >= 15 is 0 Å². The van der Waals surface area contributed by atoms with Crippen LogP contribution in [0.5, 0.6) is 0 Å². The Labute approximate surface area is 213 Å². The van der Waals surface area contributed by atoms with Crippen LogP contribution < -0.4 is 10.6 Å². The molecule has 0 atom stereocenters. The molecule has 6 aliphatic rings. The minimum atomic E-state index is -3.18. The van der Waals surface area contributed by atoms with Gasteiger partial charge in [0.15, 0.2) is 5.82 Å². The topological polar surface area (TPSA) is 102 Å². The molecule has 2 N–H and O–H groups in total. The lowest BCUT2D eigenvalue weighted by Crippen LogP contribution is -2.65. The van der Waals surface area contributed by atoms with Crippen LogP contribution in [0.1, 0.15) is 93.2 Å². The first-order chi connectivity index (χ1) is 17.3. The molecule has 1 aromatic carbocycles. The molecular formula is C27H31F3N4O3.